The molecule has 0 spiro atoms. The molecular weight excluding hydrogens is 298 g/mol. The smallest absolute Gasteiger partial charge is 0.255 e. The number of nitrogens with zero attached hydrogens (tertiary/aromatic N) is 1. The normalized spacial score (nSPS) is 10.5. The predicted molar refractivity (Wildman–Crippen MR) is 102 cm³/mol. The molecule has 4 nitrogen and oxygen atoms in total. The highest BCUT2D eigenvalue weighted by Crippen LogP contribution is 2.18. The number of hydrogen-bond donors (Lipinski definition) is 2. The molecule has 4 heteroatoms. The average molecular weight is 325 g/mol. The van der Waals surface area contributed by atoms with Gasteiger partial charge in [-0.15, -0.1) is 0 Å². The lowest BCUT2D eigenvalue weighted by Crippen LogP contribution is -2.19. The van der Waals surface area contributed by atoms with E-state index in [1.807, 2.05) is 48.5 Å². The summed E-state index contributed by atoms with van der Waals surface area (Å²) in [5, 5.41) is 6.31. The van der Waals surface area contributed by atoms with Gasteiger partial charge in [0.05, 0.1) is 0 Å². The van der Waals surface area contributed by atoms with Crippen LogP contribution in [0.4, 0.5) is 11.4 Å². The fourth-order valence-electron chi connectivity index (χ4n) is 2.58. The maximum Gasteiger partial charge on any atom is 0.255 e. The Morgan fingerprint density at radius 2 is 1.75 bits per heavy atom. The monoisotopic (exact) mass is 325 g/mol. The molecule has 24 heavy (non-hydrogen) atoms. The first-order chi connectivity index (χ1) is 11.7. The lowest BCUT2D eigenvalue weighted by Gasteiger charge is -2.18. The van der Waals surface area contributed by atoms with Gasteiger partial charge in [-0.1, -0.05) is 32.0 Å². The Kier molecular flexibility index (Phi) is 6.82. The molecule has 2 rings (SSSR count). The van der Waals surface area contributed by atoms with E-state index < -0.39 is 0 Å². The molecule has 1 amide bonds. The Labute approximate surface area is 144 Å². The van der Waals surface area contributed by atoms with Crippen molar-refractivity contribution in [3.63, 3.8) is 0 Å². The molecule has 0 fully saturated rings. The molecule has 0 aliphatic rings. The summed E-state index contributed by atoms with van der Waals surface area (Å²) in [4.78, 5) is 14.7. The minimum absolute atomic E-state index is 0.0800. The fraction of sp³-hybridized carbons (Fsp3) is 0.350. The standard InChI is InChI=1S/C20H27N3O/c1-4-14-23(3)18-12-10-16(11-13-18)20(24)22-19-9-7-6-8-17(19)15-21-5-2/h6-13,21H,4-5,14-15H2,1-3H3,(H,22,24). The molecule has 2 aromatic carbocycles. The van der Waals surface area contributed by atoms with E-state index in [4.69, 9.17) is 0 Å². The van der Waals surface area contributed by atoms with E-state index in [0.717, 1.165) is 43.0 Å². The zero-order valence-corrected chi connectivity index (χ0v) is 14.8. The van der Waals surface area contributed by atoms with Crippen molar-refractivity contribution < 1.29 is 4.79 Å². The summed E-state index contributed by atoms with van der Waals surface area (Å²) in [7, 11) is 2.07. The van der Waals surface area contributed by atoms with Crippen molar-refractivity contribution >= 4 is 17.3 Å². The molecule has 128 valence electrons. The van der Waals surface area contributed by atoms with E-state index in [0.29, 0.717) is 5.56 Å². The molecule has 2 N–H and O–H groups in total. The molecule has 0 aliphatic heterocycles. The molecule has 0 heterocycles. The van der Waals surface area contributed by atoms with Gasteiger partial charge < -0.3 is 15.5 Å². The van der Waals surface area contributed by atoms with Crippen LogP contribution in [0.25, 0.3) is 0 Å². The van der Waals surface area contributed by atoms with Crippen LogP contribution in [0.5, 0.6) is 0 Å². The second-order valence-corrected chi connectivity index (χ2v) is 5.86. The van der Waals surface area contributed by atoms with E-state index in [2.05, 4.69) is 36.4 Å². The number of anilines is 2. The number of rotatable bonds is 8. The summed E-state index contributed by atoms with van der Waals surface area (Å²) < 4.78 is 0. The summed E-state index contributed by atoms with van der Waals surface area (Å²) in [6, 6.07) is 15.6. The van der Waals surface area contributed by atoms with Gasteiger partial charge in [0.1, 0.15) is 0 Å². The van der Waals surface area contributed by atoms with Gasteiger partial charge in [0, 0.05) is 37.1 Å². The zero-order chi connectivity index (χ0) is 17.4. The van der Waals surface area contributed by atoms with Crippen molar-refractivity contribution in [3.8, 4) is 0 Å². The molecule has 0 atom stereocenters. The van der Waals surface area contributed by atoms with Crippen LogP contribution in [0, 0.1) is 0 Å². The zero-order valence-electron chi connectivity index (χ0n) is 14.8. The number of carbonyl (C=O) groups is 1. The molecular formula is C20H27N3O. The van der Waals surface area contributed by atoms with Gasteiger partial charge in [-0.3, -0.25) is 4.79 Å². The molecule has 2 aromatic rings. The number of carbonyl (C=O) groups excluding carboxylic acids is 1. The van der Waals surface area contributed by atoms with E-state index >= 15 is 0 Å². The summed E-state index contributed by atoms with van der Waals surface area (Å²) in [5.74, 6) is -0.0800. The molecule has 0 saturated carbocycles. The summed E-state index contributed by atoms with van der Waals surface area (Å²) >= 11 is 0. The van der Waals surface area contributed by atoms with Crippen LogP contribution in [-0.4, -0.2) is 26.0 Å². The van der Waals surface area contributed by atoms with Gasteiger partial charge in [0.2, 0.25) is 0 Å². The van der Waals surface area contributed by atoms with Crippen molar-refractivity contribution in [3.05, 3.63) is 59.7 Å². The van der Waals surface area contributed by atoms with Crippen LogP contribution in [0.1, 0.15) is 36.2 Å². The third-order valence-corrected chi connectivity index (χ3v) is 3.96. The van der Waals surface area contributed by atoms with Crippen molar-refractivity contribution in [2.45, 2.75) is 26.8 Å². The maximum absolute atomic E-state index is 12.5. The van der Waals surface area contributed by atoms with Crippen LogP contribution in [-0.2, 0) is 6.54 Å². The highest BCUT2D eigenvalue weighted by Gasteiger charge is 2.09. The quantitative estimate of drug-likeness (QED) is 0.774. The molecule has 0 aromatic heterocycles. The molecule has 0 bridgehead atoms. The van der Waals surface area contributed by atoms with Crippen LogP contribution < -0.4 is 15.5 Å². The van der Waals surface area contributed by atoms with Crippen molar-refractivity contribution in [2.24, 2.45) is 0 Å². The lowest BCUT2D eigenvalue weighted by atomic mass is 10.1. The van der Waals surface area contributed by atoms with Crippen molar-refractivity contribution in [1.29, 1.82) is 0 Å². The molecule has 0 aliphatic carbocycles. The van der Waals surface area contributed by atoms with E-state index in [1.165, 1.54) is 0 Å². The second kappa shape index (κ2) is 9.08. The van der Waals surface area contributed by atoms with Gasteiger partial charge in [-0.2, -0.15) is 0 Å². The first-order valence-electron chi connectivity index (χ1n) is 8.56. The highest BCUT2D eigenvalue weighted by atomic mass is 16.1. The Morgan fingerprint density at radius 1 is 1.04 bits per heavy atom. The maximum atomic E-state index is 12.5. The number of para-hydroxylation sites is 1. The van der Waals surface area contributed by atoms with Gasteiger partial charge in [0.15, 0.2) is 0 Å². The van der Waals surface area contributed by atoms with Crippen molar-refractivity contribution in [1.82, 2.24) is 5.32 Å². The minimum atomic E-state index is -0.0800. The molecule has 0 radical (unpaired) electrons. The highest BCUT2D eigenvalue weighted by molar-refractivity contribution is 6.04. The van der Waals surface area contributed by atoms with Crippen LogP contribution >= 0.6 is 0 Å². The molecule has 0 saturated heterocycles. The third-order valence-electron chi connectivity index (χ3n) is 3.96. The largest absolute Gasteiger partial charge is 0.375 e. The first-order valence-corrected chi connectivity index (χ1v) is 8.56. The van der Waals surface area contributed by atoms with Gasteiger partial charge >= 0.3 is 0 Å². The van der Waals surface area contributed by atoms with Gasteiger partial charge in [0.25, 0.3) is 5.91 Å². The SMILES string of the molecule is CCCN(C)c1ccc(C(=O)Nc2ccccc2CNCC)cc1. The Bertz CT molecular complexity index is 652. The van der Waals surface area contributed by atoms with E-state index in [9.17, 15) is 4.79 Å². The first kappa shape index (κ1) is 18.0. The van der Waals surface area contributed by atoms with E-state index in [1.54, 1.807) is 0 Å². The second-order valence-electron chi connectivity index (χ2n) is 5.86. The van der Waals surface area contributed by atoms with Crippen LogP contribution in [0.3, 0.4) is 0 Å². The van der Waals surface area contributed by atoms with Crippen molar-refractivity contribution in [2.75, 3.05) is 30.4 Å². The minimum Gasteiger partial charge on any atom is -0.375 e. The number of amides is 1. The third kappa shape index (κ3) is 4.83. The number of benzene rings is 2. The summed E-state index contributed by atoms with van der Waals surface area (Å²) in [6.45, 7) is 6.87. The fourth-order valence-corrected chi connectivity index (χ4v) is 2.58. The van der Waals surface area contributed by atoms with Crippen LogP contribution in [0.15, 0.2) is 48.5 Å². The topological polar surface area (TPSA) is 44.4 Å². The number of nitrogens with one attached hydrogen (secondary N) is 2. The van der Waals surface area contributed by atoms with Gasteiger partial charge in [-0.05, 0) is 48.9 Å². The van der Waals surface area contributed by atoms with Gasteiger partial charge in [-0.25, -0.2) is 0 Å². The summed E-state index contributed by atoms with van der Waals surface area (Å²) in [6.07, 6.45) is 1.10. The molecule has 0 unspecified atom stereocenters. The summed E-state index contributed by atoms with van der Waals surface area (Å²) in [5.41, 5.74) is 3.74. The lowest BCUT2D eigenvalue weighted by molar-refractivity contribution is 0.102. The Morgan fingerprint density at radius 3 is 2.42 bits per heavy atom. The van der Waals surface area contributed by atoms with Crippen LogP contribution in [0.2, 0.25) is 0 Å². The Hall–Kier alpha value is -2.33. The Balaban J connectivity index is 2.07. The average Bonchev–Trinajstić information content (AvgIpc) is 2.61. The number of hydrogen-bond acceptors (Lipinski definition) is 3. The van der Waals surface area contributed by atoms with E-state index in [-0.39, 0.29) is 5.91 Å². The predicted octanol–water partition coefficient (Wildman–Crippen LogP) is 3.89.